The second-order valence-electron chi connectivity index (χ2n) is 10.3. The Hall–Kier alpha value is -3.56. The van der Waals surface area contributed by atoms with E-state index in [1.54, 1.807) is 57.4 Å². The van der Waals surface area contributed by atoms with E-state index >= 15 is 0 Å². The predicted octanol–water partition coefficient (Wildman–Crippen LogP) is 5.33. The van der Waals surface area contributed by atoms with Crippen molar-refractivity contribution in [3.8, 4) is 5.75 Å². The summed E-state index contributed by atoms with van der Waals surface area (Å²) in [5, 5.41) is 3.47. The molecule has 41 heavy (non-hydrogen) atoms. The van der Waals surface area contributed by atoms with Crippen LogP contribution in [-0.2, 0) is 26.2 Å². The number of benzene rings is 3. The lowest BCUT2D eigenvalue weighted by atomic mass is 10.1. The number of carbonyl (C=O) groups is 2. The normalized spacial score (nSPS) is 14.3. The van der Waals surface area contributed by atoms with Gasteiger partial charge in [0.05, 0.1) is 17.7 Å². The van der Waals surface area contributed by atoms with Crippen molar-refractivity contribution >= 4 is 39.1 Å². The smallest absolute Gasteiger partial charge is 0.264 e. The van der Waals surface area contributed by atoms with E-state index in [1.807, 2.05) is 12.1 Å². The number of methoxy groups -OCH3 is 1. The predicted molar refractivity (Wildman–Crippen MR) is 161 cm³/mol. The molecule has 0 aliphatic heterocycles. The molecule has 1 fully saturated rings. The molecule has 218 valence electrons. The molecule has 0 unspecified atom stereocenters. The summed E-state index contributed by atoms with van der Waals surface area (Å²) < 4.78 is 34.2. The first-order valence-electron chi connectivity index (χ1n) is 13.7. The lowest BCUT2D eigenvalue weighted by Gasteiger charge is -2.33. The minimum atomic E-state index is -4.16. The van der Waals surface area contributed by atoms with Gasteiger partial charge in [-0.1, -0.05) is 54.8 Å². The highest BCUT2D eigenvalue weighted by molar-refractivity contribution is 7.92. The number of hydrogen-bond donors (Lipinski definition) is 1. The third-order valence-corrected chi connectivity index (χ3v) is 9.47. The quantitative estimate of drug-likeness (QED) is 0.322. The van der Waals surface area contributed by atoms with Crippen LogP contribution in [0.3, 0.4) is 0 Å². The number of halogens is 1. The van der Waals surface area contributed by atoms with Gasteiger partial charge in [-0.3, -0.25) is 13.9 Å². The second-order valence-corrected chi connectivity index (χ2v) is 12.6. The largest absolute Gasteiger partial charge is 0.497 e. The van der Waals surface area contributed by atoms with Crippen LogP contribution in [0, 0.1) is 6.92 Å². The molecule has 0 spiro atoms. The Morgan fingerprint density at radius 2 is 1.63 bits per heavy atom. The molecule has 10 heteroatoms. The summed E-state index contributed by atoms with van der Waals surface area (Å²) in [5.41, 5.74) is 1.84. The maximum Gasteiger partial charge on any atom is 0.264 e. The van der Waals surface area contributed by atoms with E-state index in [4.69, 9.17) is 16.3 Å². The van der Waals surface area contributed by atoms with Crippen molar-refractivity contribution < 1.29 is 22.7 Å². The Labute approximate surface area is 247 Å². The van der Waals surface area contributed by atoms with Crippen molar-refractivity contribution in [1.82, 2.24) is 10.2 Å². The third-order valence-electron chi connectivity index (χ3n) is 7.45. The van der Waals surface area contributed by atoms with E-state index in [2.05, 4.69) is 5.32 Å². The van der Waals surface area contributed by atoms with Crippen LogP contribution in [0.15, 0.2) is 77.7 Å². The molecule has 8 nitrogen and oxygen atoms in total. The van der Waals surface area contributed by atoms with Gasteiger partial charge in [0, 0.05) is 17.6 Å². The standard InChI is InChI=1S/C31H36ClN3O5S/c1-22-8-4-7-11-29(22)35(41(38,39)28-18-14-25(32)15-19-28)21-30(36)34(20-24-12-16-27(40-3)17-13-24)23(2)31(37)33-26-9-5-6-10-26/h4,7-8,11-19,23,26H,5-6,9-10,20-21H2,1-3H3,(H,33,37)/t23-/m0/s1. The fourth-order valence-electron chi connectivity index (χ4n) is 4.99. The molecule has 3 aromatic carbocycles. The molecular weight excluding hydrogens is 562 g/mol. The second kappa shape index (κ2) is 13.4. The van der Waals surface area contributed by atoms with Gasteiger partial charge in [0.2, 0.25) is 11.8 Å². The highest BCUT2D eigenvalue weighted by atomic mass is 35.5. The average Bonchev–Trinajstić information content (AvgIpc) is 3.48. The Morgan fingerprint density at radius 3 is 2.24 bits per heavy atom. The number of carbonyl (C=O) groups excluding carboxylic acids is 2. The maximum absolute atomic E-state index is 14.1. The van der Waals surface area contributed by atoms with E-state index < -0.39 is 28.5 Å². The van der Waals surface area contributed by atoms with Crippen LogP contribution in [0.5, 0.6) is 5.75 Å². The fourth-order valence-corrected chi connectivity index (χ4v) is 6.60. The summed E-state index contributed by atoms with van der Waals surface area (Å²) >= 11 is 6.02. The van der Waals surface area contributed by atoms with E-state index in [0.29, 0.717) is 22.0 Å². The summed E-state index contributed by atoms with van der Waals surface area (Å²) in [4.78, 5) is 28.8. The molecule has 1 atom stereocenters. The SMILES string of the molecule is COc1ccc(CN(C(=O)CN(c2ccccc2C)S(=O)(=O)c2ccc(Cl)cc2)[C@@H](C)C(=O)NC2CCCC2)cc1. The monoisotopic (exact) mass is 597 g/mol. The van der Waals surface area contributed by atoms with Gasteiger partial charge in [-0.05, 0) is 80.3 Å². The summed E-state index contributed by atoms with van der Waals surface area (Å²) in [6, 6.07) is 19.3. The zero-order valence-electron chi connectivity index (χ0n) is 23.5. The number of nitrogens with one attached hydrogen (secondary N) is 1. The van der Waals surface area contributed by atoms with Crippen LogP contribution in [0.2, 0.25) is 5.02 Å². The Balaban J connectivity index is 1.69. The third kappa shape index (κ3) is 7.40. The van der Waals surface area contributed by atoms with Gasteiger partial charge in [-0.2, -0.15) is 0 Å². The van der Waals surface area contributed by atoms with Crippen LogP contribution < -0.4 is 14.4 Å². The summed E-state index contributed by atoms with van der Waals surface area (Å²) in [6.07, 6.45) is 3.93. The summed E-state index contributed by atoms with van der Waals surface area (Å²) in [6.45, 7) is 3.09. The van der Waals surface area contributed by atoms with E-state index in [9.17, 15) is 18.0 Å². The summed E-state index contributed by atoms with van der Waals surface area (Å²) in [5.74, 6) is -0.101. The van der Waals surface area contributed by atoms with E-state index in [-0.39, 0.29) is 23.4 Å². The molecule has 0 aromatic heterocycles. The van der Waals surface area contributed by atoms with Crippen LogP contribution >= 0.6 is 11.6 Å². The number of nitrogens with zero attached hydrogens (tertiary/aromatic N) is 2. The van der Waals surface area contributed by atoms with E-state index in [0.717, 1.165) is 35.6 Å². The lowest BCUT2D eigenvalue weighted by Crippen LogP contribution is -2.52. The van der Waals surface area contributed by atoms with Crippen molar-refractivity contribution in [2.75, 3.05) is 18.0 Å². The molecule has 0 radical (unpaired) electrons. The zero-order valence-corrected chi connectivity index (χ0v) is 25.1. The Bertz CT molecular complexity index is 1460. The highest BCUT2D eigenvalue weighted by Crippen LogP contribution is 2.28. The zero-order chi connectivity index (χ0) is 29.6. The lowest BCUT2D eigenvalue weighted by molar-refractivity contribution is -0.139. The minimum absolute atomic E-state index is 0.00619. The average molecular weight is 598 g/mol. The molecular formula is C31H36ClN3O5S. The number of aryl methyl sites for hydroxylation is 1. The minimum Gasteiger partial charge on any atom is -0.497 e. The molecule has 1 aliphatic carbocycles. The topological polar surface area (TPSA) is 96.0 Å². The maximum atomic E-state index is 14.1. The van der Waals surface area contributed by atoms with Gasteiger partial charge in [-0.15, -0.1) is 0 Å². The van der Waals surface area contributed by atoms with Crippen molar-refractivity contribution in [3.05, 3.63) is 88.9 Å². The number of rotatable bonds is 11. The molecule has 0 bridgehead atoms. The van der Waals surface area contributed by atoms with Crippen LogP contribution in [0.25, 0.3) is 0 Å². The number of amides is 2. The number of sulfonamides is 1. The fraction of sp³-hybridized carbons (Fsp3) is 0.355. The molecule has 1 N–H and O–H groups in total. The highest BCUT2D eigenvalue weighted by Gasteiger charge is 2.33. The number of para-hydroxylation sites is 1. The molecule has 2 amide bonds. The van der Waals surface area contributed by atoms with Crippen molar-refractivity contribution in [2.45, 2.75) is 63.1 Å². The van der Waals surface area contributed by atoms with Gasteiger partial charge >= 0.3 is 0 Å². The van der Waals surface area contributed by atoms with E-state index in [1.165, 1.54) is 29.2 Å². The first kappa shape index (κ1) is 30.4. The van der Waals surface area contributed by atoms with Crippen LogP contribution in [-0.4, -0.2) is 50.9 Å². The first-order valence-corrected chi connectivity index (χ1v) is 15.5. The molecule has 1 aliphatic rings. The van der Waals surface area contributed by atoms with Gasteiger partial charge in [0.15, 0.2) is 0 Å². The van der Waals surface area contributed by atoms with Crippen LogP contribution in [0.1, 0.15) is 43.7 Å². The van der Waals surface area contributed by atoms with Crippen molar-refractivity contribution in [1.29, 1.82) is 0 Å². The van der Waals surface area contributed by atoms with Crippen molar-refractivity contribution in [3.63, 3.8) is 0 Å². The Kier molecular flexibility index (Phi) is 9.94. The molecule has 0 saturated heterocycles. The molecule has 3 aromatic rings. The molecule has 1 saturated carbocycles. The number of ether oxygens (including phenoxy) is 1. The number of hydrogen-bond acceptors (Lipinski definition) is 5. The van der Waals surface area contributed by atoms with Crippen molar-refractivity contribution in [2.24, 2.45) is 0 Å². The first-order chi connectivity index (χ1) is 19.6. The summed E-state index contributed by atoms with van der Waals surface area (Å²) in [7, 11) is -2.59. The molecule has 0 heterocycles. The Morgan fingerprint density at radius 1 is 1.00 bits per heavy atom. The van der Waals surface area contributed by atoms with Crippen LogP contribution in [0.4, 0.5) is 5.69 Å². The molecule has 4 rings (SSSR count). The van der Waals surface area contributed by atoms with Gasteiger partial charge in [0.1, 0.15) is 18.3 Å². The van der Waals surface area contributed by atoms with Gasteiger partial charge < -0.3 is 15.0 Å². The van der Waals surface area contributed by atoms with Gasteiger partial charge in [-0.25, -0.2) is 8.42 Å². The van der Waals surface area contributed by atoms with Gasteiger partial charge in [0.25, 0.3) is 10.0 Å². The number of anilines is 1.